The van der Waals surface area contributed by atoms with E-state index in [2.05, 4.69) is 43.4 Å². The summed E-state index contributed by atoms with van der Waals surface area (Å²) >= 11 is 0. The standard InChI is InChI=1S/C14H21N/c1-12-5-3-6-13(11-12)7-9-14(2)8-4-10-15-14/h3,5-6,11,15H,4,7-10H2,1-2H3. The number of aryl methyl sites for hydroxylation is 2. The van der Waals surface area contributed by atoms with Crippen LogP contribution in [-0.2, 0) is 6.42 Å². The van der Waals surface area contributed by atoms with E-state index in [1.807, 2.05) is 0 Å². The van der Waals surface area contributed by atoms with E-state index in [1.54, 1.807) is 0 Å². The van der Waals surface area contributed by atoms with Crippen LogP contribution in [0.2, 0.25) is 0 Å². The Bertz CT molecular complexity index is 324. The Morgan fingerprint density at radius 3 is 2.93 bits per heavy atom. The highest BCUT2D eigenvalue weighted by molar-refractivity contribution is 5.22. The zero-order valence-corrected chi connectivity index (χ0v) is 9.84. The molecule has 1 N–H and O–H groups in total. The van der Waals surface area contributed by atoms with Crippen LogP contribution in [0.1, 0.15) is 37.3 Å². The van der Waals surface area contributed by atoms with Crippen LogP contribution in [0.3, 0.4) is 0 Å². The number of rotatable bonds is 3. The van der Waals surface area contributed by atoms with Crippen LogP contribution >= 0.6 is 0 Å². The van der Waals surface area contributed by atoms with E-state index in [4.69, 9.17) is 0 Å². The third kappa shape index (κ3) is 2.82. The van der Waals surface area contributed by atoms with Crippen molar-refractivity contribution in [2.75, 3.05) is 6.54 Å². The van der Waals surface area contributed by atoms with E-state index in [0.717, 1.165) is 0 Å². The average Bonchev–Trinajstić information content (AvgIpc) is 2.63. The maximum atomic E-state index is 3.62. The van der Waals surface area contributed by atoms with Crippen molar-refractivity contribution in [1.82, 2.24) is 5.32 Å². The molecule has 0 bridgehead atoms. The second-order valence-corrected chi connectivity index (χ2v) is 5.08. The van der Waals surface area contributed by atoms with Crippen molar-refractivity contribution in [3.63, 3.8) is 0 Å². The summed E-state index contributed by atoms with van der Waals surface area (Å²) in [6.07, 6.45) is 5.13. The predicted octanol–water partition coefficient (Wildman–Crippen LogP) is 3.07. The van der Waals surface area contributed by atoms with Crippen molar-refractivity contribution in [2.45, 2.75) is 45.1 Å². The highest BCUT2D eigenvalue weighted by Gasteiger charge is 2.27. The van der Waals surface area contributed by atoms with Gasteiger partial charge >= 0.3 is 0 Å². The largest absolute Gasteiger partial charge is 0.312 e. The second kappa shape index (κ2) is 4.36. The first-order valence-corrected chi connectivity index (χ1v) is 5.99. The summed E-state index contributed by atoms with van der Waals surface area (Å²) in [5.41, 5.74) is 3.24. The molecule has 1 nitrogen and oxygen atoms in total. The van der Waals surface area contributed by atoms with E-state index in [-0.39, 0.29) is 0 Å². The third-order valence-electron chi connectivity index (χ3n) is 3.51. The summed E-state index contributed by atoms with van der Waals surface area (Å²) in [5.74, 6) is 0. The fourth-order valence-electron chi connectivity index (χ4n) is 2.46. The Morgan fingerprint density at radius 1 is 1.40 bits per heavy atom. The predicted molar refractivity (Wildman–Crippen MR) is 65.1 cm³/mol. The lowest BCUT2D eigenvalue weighted by atomic mass is 9.91. The highest BCUT2D eigenvalue weighted by Crippen LogP contribution is 2.24. The molecule has 0 amide bonds. The molecule has 2 rings (SSSR count). The number of benzene rings is 1. The molecule has 0 aromatic heterocycles. The first kappa shape index (κ1) is 10.7. The van der Waals surface area contributed by atoms with Gasteiger partial charge in [-0.3, -0.25) is 0 Å². The maximum Gasteiger partial charge on any atom is 0.0157 e. The van der Waals surface area contributed by atoms with Crippen LogP contribution in [0.15, 0.2) is 24.3 Å². The summed E-state index contributed by atoms with van der Waals surface area (Å²) in [4.78, 5) is 0. The van der Waals surface area contributed by atoms with Gasteiger partial charge in [0.25, 0.3) is 0 Å². The van der Waals surface area contributed by atoms with Gasteiger partial charge in [-0.05, 0) is 51.6 Å². The molecule has 0 spiro atoms. The molecular weight excluding hydrogens is 182 g/mol. The van der Waals surface area contributed by atoms with Crippen molar-refractivity contribution in [1.29, 1.82) is 0 Å². The molecule has 1 unspecified atom stereocenters. The summed E-state index contributed by atoms with van der Waals surface area (Å²) in [5, 5.41) is 3.62. The quantitative estimate of drug-likeness (QED) is 0.796. The Hall–Kier alpha value is -0.820. The van der Waals surface area contributed by atoms with Gasteiger partial charge in [-0.1, -0.05) is 29.8 Å². The molecule has 1 fully saturated rings. The third-order valence-corrected chi connectivity index (χ3v) is 3.51. The van der Waals surface area contributed by atoms with Crippen LogP contribution in [0.25, 0.3) is 0 Å². The lowest BCUT2D eigenvalue weighted by Gasteiger charge is -2.24. The minimum Gasteiger partial charge on any atom is -0.312 e. The fourth-order valence-corrected chi connectivity index (χ4v) is 2.46. The van der Waals surface area contributed by atoms with Gasteiger partial charge in [0.05, 0.1) is 0 Å². The second-order valence-electron chi connectivity index (χ2n) is 5.08. The normalized spacial score (nSPS) is 25.7. The zero-order valence-electron chi connectivity index (χ0n) is 9.84. The minimum absolute atomic E-state index is 0.393. The Balaban J connectivity index is 1.92. The van der Waals surface area contributed by atoms with Gasteiger partial charge in [0.15, 0.2) is 0 Å². The summed E-state index contributed by atoms with van der Waals surface area (Å²) < 4.78 is 0. The summed E-state index contributed by atoms with van der Waals surface area (Å²) in [6.45, 7) is 5.72. The molecule has 1 aromatic rings. The molecule has 1 saturated heterocycles. The molecule has 82 valence electrons. The average molecular weight is 203 g/mol. The van der Waals surface area contributed by atoms with Gasteiger partial charge < -0.3 is 5.32 Å². The van der Waals surface area contributed by atoms with Crippen LogP contribution in [-0.4, -0.2) is 12.1 Å². The molecule has 0 aliphatic carbocycles. The molecule has 1 heteroatoms. The van der Waals surface area contributed by atoms with Crippen LogP contribution < -0.4 is 5.32 Å². The van der Waals surface area contributed by atoms with Gasteiger partial charge in [0, 0.05) is 5.54 Å². The van der Waals surface area contributed by atoms with Gasteiger partial charge in [-0.25, -0.2) is 0 Å². The summed E-state index contributed by atoms with van der Waals surface area (Å²) in [7, 11) is 0. The number of hydrogen-bond acceptors (Lipinski definition) is 1. The lowest BCUT2D eigenvalue weighted by molar-refractivity contribution is 0.384. The van der Waals surface area contributed by atoms with Crippen molar-refractivity contribution >= 4 is 0 Å². The van der Waals surface area contributed by atoms with E-state index in [9.17, 15) is 0 Å². The zero-order chi connectivity index (χ0) is 10.7. The molecule has 1 aliphatic rings. The molecule has 0 saturated carbocycles. The first-order chi connectivity index (χ1) is 7.18. The number of nitrogens with one attached hydrogen (secondary N) is 1. The Kier molecular flexibility index (Phi) is 3.11. The van der Waals surface area contributed by atoms with Crippen LogP contribution in [0, 0.1) is 6.92 Å². The van der Waals surface area contributed by atoms with Crippen LogP contribution in [0.5, 0.6) is 0 Å². The highest BCUT2D eigenvalue weighted by atomic mass is 15.0. The number of hydrogen-bond donors (Lipinski definition) is 1. The van der Waals surface area contributed by atoms with E-state index in [1.165, 1.54) is 43.4 Å². The summed E-state index contributed by atoms with van der Waals surface area (Å²) in [6, 6.07) is 8.87. The molecule has 1 aliphatic heterocycles. The molecule has 15 heavy (non-hydrogen) atoms. The van der Waals surface area contributed by atoms with Crippen molar-refractivity contribution < 1.29 is 0 Å². The van der Waals surface area contributed by atoms with E-state index < -0.39 is 0 Å². The molecule has 0 radical (unpaired) electrons. The van der Waals surface area contributed by atoms with Gasteiger partial charge in [-0.2, -0.15) is 0 Å². The fraction of sp³-hybridized carbons (Fsp3) is 0.571. The molecule has 1 aromatic carbocycles. The minimum atomic E-state index is 0.393. The monoisotopic (exact) mass is 203 g/mol. The Labute approximate surface area is 92.9 Å². The maximum absolute atomic E-state index is 3.62. The first-order valence-electron chi connectivity index (χ1n) is 5.99. The van der Waals surface area contributed by atoms with Crippen molar-refractivity contribution in [3.05, 3.63) is 35.4 Å². The molecule has 1 heterocycles. The topological polar surface area (TPSA) is 12.0 Å². The van der Waals surface area contributed by atoms with E-state index in [0.29, 0.717) is 5.54 Å². The van der Waals surface area contributed by atoms with Crippen molar-refractivity contribution in [2.24, 2.45) is 0 Å². The van der Waals surface area contributed by atoms with Gasteiger partial charge in [-0.15, -0.1) is 0 Å². The smallest absolute Gasteiger partial charge is 0.0157 e. The Morgan fingerprint density at radius 2 is 2.27 bits per heavy atom. The van der Waals surface area contributed by atoms with Crippen molar-refractivity contribution in [3.8, 4) is 0 Å². The molecular formula is C14H21N. The molecule has 1 atom stereocenters. The van der Waals surface area contributed by atoms with Crippen LogP contribution in [0.4, 0.5) is 0 Å². The van der Waals surface area contributed by atoms with Gasteiger partial charge in [0.1, 0.15) is 0 Å². The van der Waals surface area contributed by atoms with E-state index >= 15 is 0 Å². The van der Waals surface area contributed by atoms with Gasteiger partial charge in [0.2, 0.25) is 0 Å². The SMILES string of the molecule is Cc1cccc(CCC2(C)CCCN2)c1. The lowest BCUT2D eigenvalue weighted by Crippen LogP contribution is -2.36.